The van der Waals surface area contributed by atoms with E-state index in [2.05, 4.69) is 20.4 Å². The Balaban J connectivity index is 1.67. The average molecular weight is 431 g/mol. The summed E-state index contributed by atoms with van der Waals surface area (Å²) in [5.41, 5.74) is -0.438. The summed E-state index contributed by atoms with van der Waals surface area (Å²) in [6, 6.07) is 0. The minimum Gasteiger partial charge on any atom is -0.393 e. The molecule has 0 aromatic heterocycles. The van der Waals surface area contributed by atoms with Crippen LogP contribution in [0.2, 0.25) is 0 Å². The first-order valence-electron chi connectivity index (χ1n) is 10.7. The molecule has 4 aliphatic carbocycles. The Labute approximate surface area is 173 Å². The second-order valence-corrected chi connectivity index (χ2v) is 11.5. The third kappa shape index (κ3) is 3.22. The number of aliphatic hydroxyl groups excluding tert-OH is 3. The van der Waals surface area contributed by atoms with Crippen molar-refractivity contribution in [2.45, 2.75) is 76.8 Å². The van der Waals surface area contributed by atoms with E-state index >= 15 is 0 Å². The topological polar surface area (TPSA) is 124 Å². The molecule has 0 radical (unpaired) electrons. The van der Waals surface area contributed by atoms with E-state index in [1.165, 1.54) is 0 Å². The van der Waals surface area contributed by atoms with Crippen LogP contribution in [0, 0.1) is 40.4 Å². The van der Waals surface area contributed by atoms with E-state index in [9.17, 15) is 23.7 Å². The Morgan fingerprint density at radius 3 is 2.34 bits per heavy atom. The molecule has 0 heterocycles. The maximum absolute atomic E-state index is 11.3. The molecule has 166 valence electrons. The van der Waals surface area contributed by atoms with E-state index in [1.807, 2.05) is 6.08 Å². The summed E-state index contributed by atoms with van der Waals surface area (Å²) in [6.45, 7) is 8.30. The van der Waals surface area contributed by atoms with Gasteiger partial charge in [0.2, 0.25) is 0 Å². The van der Waals surface area contributed by atoms with Gasteiger partial charge in [0.25, 0.3) is 0 Å². The molecule has 11 atom stereocenters. The summed E-state index contributed by atoms with van der Waals surface area (Å²) in [4.78, 5) is 0. The number of aliphatic hydroxyl groups is 3. The number of fused-ring (bicyclic) bond motifs is 5. The van der Waals surface area contributed by atoms with Gasteiger partial charge in [0.15, 0.2) is 0 Å². The second-order valence-electron chi connectivity index (χ2n) is 10.4. The molecule has 4 fully saturated rings. The Morgan fingerprint density at radius 1 is 1.03 bits per heavy atom. The Morgan fingerprint density at radius 2 is 1.72 bits per heavy atom. The molecule has 0 spiro atoms. The SMILES string of the molecule is C=CC1CC(O)C2C3CCC4C(O)C(O)C(OS(=O)(=O)O)CC4(C)C3CCC12C. The van der Waals surface area contributed by atoms with Crippen LogP contribution in [-0.4, -0.2) is 52.7 Å². The van der Waals surface area contributed by atoms with E-state index in [1.54, 1.807) is 0 Å². The molecule has 0 aromatic carbocycles. The summed E-state index contributed by atoms with van der Waals surface area (Å²) >= 11 is 0. The molecule has 0 amide bonds. The summed E-state index contributed by atoms with van der Waals surface area (Å²) in [7, 11) is -4.74. The molecule has 0 saturated heterocycles. The first-order valence-corrected chi connectivity index (χ1v) is 12.1. The quantitative estimate of drug-likeness (QED) is 0.398. The zero-order chi connectivity index (χ0) is 21.4. The number of rotatable bonds is 3. The molecule has 4 aliphatic rings. The van der Waals surface area contributed by atoms with Gasteiger partial charge in [-0.25, -0.2) is 4.18 Å². The predicted molar refractivity (Wildman–Crippen MR) is 106 cm³/mol. The zero-order valence-electron chi connectivity index (χ0n) is 17.1. The molecular formula is C21H34O7S. The molecule has 4 rings (SSSR count). The van der Waals surface area contributed by atoms with Crippen molar-refractivity contribution in [2.24, 2.45) is 40.4 Å². The number of hydrogen-bond acceptors (Lipinski definition) is 6. The van der Waals surface area contributed by atoms with Gasteiger partial charge in [-0.15, -0.1) is 6.58 Å². The lowest BCUT2D eigenvalue weighted by atomic mass is 9.44. The highest BCUT2D eigenvalue weighted by atomic mass is 32.3. The van der Waals surface area contributed by atoms with Crippen LogP contribution in [0.15, 0.2) is 12.7 Å². The van der Waals surface area contributed by atoms with E-state index in [0.29, 0.717) is 6.42 Å². The van der Waals surface area contributed by atoms with Crippen LogP contribution in [0.25, 0.3) is 0 Å². The van der Waals surface area contributed by atoms with Crippen LogP contribution in [-0.2, 0) is 14.6 Å². The molecule has 0 aliphatic heterocycles. The number of allylic oxidation sites excluding steroid dienone is 1. The van der Waals surface area contributed by atoms with E-state index < -0.39 is 34.1 Å². The van der Waals surface area contributed by atoms with Crippen molar-refractivity contribution in [1.29, 1.82) is 0 Å². The summed E-state index contributed by atoms with van der Waals surface area (Å²) in [5, 5.41) is 32.2. The molecule has 4 saturated carbocycles. The minimum atomic E-state index is -4.74. The van der Waals surface area contributed by atoms with Gasteiger partial charge in [0.1, 0.15) is 12.2 Å². The normalized spacial score (nSPS) is 54.9. The van der Waals surface area contributed by atoms with Crippen molar-refractivity contribution >= 4 is 10.4 Å². The van der Waals surface area contributed by atoms with E-state index in [-0.39, 0.29) is 47.5 Å². The Kier molecular flexibility index (Phi) is 5.24. The second kappa shape index (κ2) is 7.00. The van der Waals surface area contributed by atoms with Gasteiger partial charge in [-0.05, 0) is 78.9 Å². The molecule has 0 bridgehead atoms. The summed E-state index contributed by atoms with van der Waals surface area (Å²) < 4.78 is 36.5. The molecule has 11 unspecified atom stereocenters. The maximum atomic E-state index is 11.3. The van der Waals surface area contributed by atoms with Gasteiger partial charge in [0, 0.05) is 0 Å². The van der Waals surface area contributed by atoms with Gasteiger partial charge < -0.3 is 15.3 Å². The fraction of sp³-hybridized carbons (Fsp3) is 0.905. The lowest BCUT2D eigenvalue weighted by Gasteiger charge is -2.62. The fourth-order valence-corrected chi connectivity index (χ4v) is 8.58. The monoisotopic (exact) mass is 430 g/mol. The van der Waals surface area contributed by atoms with Gasteiger partial charge in [-0.2, -0.15) is 8.42 Å². The zero-order valence-corrected chi connectivity index (χ0v) is 18.0. The first-order chi connectivity index (χ1) is 13.4. The molecular weight excluding hydrogens is 396 g/mol. The average Bonchev–Trinajstić information content (AvgIpc) is 2.88. The fourth-order valence-electron chi connectivity index (χ4n) is 8.08. The van der Waals surface area contributed by atoms with Crippen LogP contribution >= 0.6 is 0 Å². The number of hydrogen-bond donors (Lipinski definition) is 4. The van der Waals surface area contributed by atoms with E-state index in [4.69, 9.17) is 8.74 Å². The van der Waals surface area contributed by atoms with Crippen LogP contribution in [0.4, 0.5) is 0 Å². The van der Waals surface area contributed by atoms with Gasteiger partial charge in [0.05, 0.1) is 12.2 Å². The molecule has 8 heteroatoms. The van der Waals surface area contributed by atoms with Gasteiger partial charge in [-0.3, -0.25) is 4.55 Å². The highest BCUT2D eigenvalue weighted by molar-refractivity contribution is 7.80. The Bertz CT molecular complexity index is 769. The van der Waals surface area contributed by atoms with Gasteiger partial charge >= 0.3 is 10.4 Å². The van der Waals surface area contributed by atoms with Crippen molar-refractivity contribution in [1.82, 2.24) is 0 Å². The lowest BCUT2D eigenvalue weighted by Crippen LogP contribution is -2.63. The van der Waals surface area contributed by atoms with Crippen molar-refractivity contribution in [2.75, 3.05) is 0 Å². The summed E-state index contributed by atoms with van der Waals surface area (Å²) in [6.07, 6.45) is 2.38. The van der Waals surface area contributed by atoms with Crippen LogP contribution < -0.4 is 0 Å². The van der Waals surface area contributed by atoms with Crippen molar-refractivity contribution in [3.63, 3.8) is 0 Å². The smallest absolute Gasteiger partial charge is 0.393 e. The maximum Gasteiger partial charge on any atom is 0.397 e. The van der Waals surface area contributed by atoms with Crippen molar-refractivity contribution in [3.8, 4) is 0 Å². The third-order valence-corrected chi connectivity index (χ3v) is 9.80. The van der Waals surface area contributed by atoms with E-state index in [0.717, 1.165) is 25.7 Å². The van der Waals surface area contributed by atoms with Crippen LogP contribution in [0.1, 0.15) is 52.4 Å². The van der Waals surface area contributed by atoms with Crippen LogP contribution in [0.3, 0.4) is 0 Å². The Hall–Kier alpha value is -0.510. The molecule has 0 aromatic rings. The van der Waals surface area contributed by atoms with Crippen molar-refractivity contribution < 1.29 is 32.5 Å². The third-order valence-electron chi connectivity index (χ3n) is 9.31. The van der Waals surface area contributed by atoms with Gasteiger partial charge in [-0.1, -0.05) is 19.9 Å². The molecule has 7 nitrogen and oxygen atoms in total. The predicted octanol–water partition coefficient (Wildman–Crippen LogP) is 1.93. The molecule has 4 N–H and O–H groups in total. The highest BCUT2D eigenvalue weighted by Crippen LogP contribution is 2.67. The molecule has 29 heavy (non-hydrogen) atoms. The summed E-state index contributed by atoms with van der Waals surface area (Å²) in [5.74, 6) is 0.712. The highest BCUT2D eigenvalue weighted by Gasteiger charge is 2.64. The largest absolute Gasteiger partial charge is 0.397 e. The first kappa shape index (κ1) is 21.7. The standard InChI is InChI=1S/C21H34O7S/c1-4-11-9-15(22)17-12-5-6-14-18(23)19(24)16(28-29(25,26)27)10-21(14,3)13(12)7-8-20(11,17)2/h4,11-19,22-24H,1,5-10H2,2-3H3,(H,25,26,27). The van der Waals surface area contributed by atoms with Crippen LogP contribution in [0.5, 0.6) is 0 Å². The van der Waals surface area contributed by atoms with Crippen molar-refractivity contribution in [3.05, 3.63) is 12.7 Å². The lowest BCUT2D eigenvalue weighted by molar-refractivity contribution is -0.206. The minimum absolute atomic E-state index is 0.00264.